The van der Waals surface area contributed by atoms with E-state index in [9.17, 15) is 4.79 Å². The van der Waals surface area contributed by atoms with Gasteiger partial charge in [0, 0.05) is 22.6 Å². The van der Waals surface area contributed by atoms with Crippen molar-refractivity contribution in [3.8, 4) is 0 Å². The highest BCUT2D eigenvalue weighted by Crippen LogP contribution is 2.34. The third kappa shape index (κ3) is 5.24. The van der Waals surface area contributed by atoms with Gasteiger partial charge in [0.15, 0.2) is 0 Å². The van der Waals surface area contributed by atoms with E-state index in [-0.39, 0.29) is 0 Å². The van der Waals surface area contributed by atoms with Crippen LogP contribution in [0.4, 0.5) is 28.4 Å². The maximum Gasteiger partial charge on any atom is 0.150 e. The number of hydrogen-bond donors (Lipinski definition) is 0. The Balaban J connectivity index is 1.45. The van der Waals surface area contributed by atoms with Crippen LogP contribution in [0.25, 0.3) is 0 Å². The van der Waals surface area contributed by atoms with Gasteiger partial charge in [0.2, 0.25) is 0 Å². The van der Waals surface area contributed by atoms with Crippen molar-refractivity contribution in [3.05, 3.63) is 151 Å². The molecule has 0 atom stereocenters. The molecular formula is C32H25N3O. The molecule has 0 aromatic heterocycles. The van der Waals surface area contributed by atoms with Crippen molar-refractivity contribution in [2.45, 2.75) is 0 Å². The van der Waals surface area contributed by atoms with Crippen molar-refractivity contribution in [2.75, 3.05) is 9.91 Å². The van der Waals surface area contributed by atoms with Gasteiger partial charge in [-0.15, -0.1) is 0 Å². The molecule has 0 heterocycles. The summed E-state index contributed by atoms with van der Waals surface area (Å²) in [7, 11) is 0. The highest BCUT2D eigenvalue weighted by molar-refractivity contribution is 5.84. The van der Waals surface area contributed by atoms with E-state index in [0.717, 1.165) is 40.3 Å². The van der Waals surface area contributed by atoms with Gasteiger partial charge in [-0.3, -0.25) is 4.79 Å². The molecule has 0 bridgehead atoms. The zero-order chi connectivity index (χ0) is 24.6. The van der Waals surface area contributed by atoms with Gasteiger partial charge in [-0.1, -0.05) is 66.7 Å². The molecule has 0 amide bonds. The molecule has 0 radical (unpaired) electrons. The van der Waals surface area contributed by atoms with Crippen LogP contribution >= 0.6 is 0 Å². The summed E-state index contributed by atoms with van der Waals surface area (Å²) in [5, 5.41) is 6.65. The molecular weight excluding hydrogens is 442 g/mol. The van der Waals surface area contributed by atoms with Crippen LogP contribution < -0.4 is 9.91 Å². The maximum absolute atomic E-state index is 11.1. The van der Waals surface area contributed by atoms with Gasteiger partial charge in [-0.05, 0) is 78.4 Å². The molecule has 0 spiro atoms. The first kappa shape index (κ1) is 22.8. The summed E-state index contributed by atoms with van der Waals surface area (Å²) in [5.41, 5.74) is 6.67. The number of benzene rings is 5. The number of carbonyl (C=O) groups is 1. The van der Waals surface area contributed by atoms with Crippen LogP contribution in [0.2, 0.25) is 0 Å². The van der Waals surface area contributed by atoms with Gasteiger partial charge in [0.25, 0.3) is 0 Å². The summed E-state index contributed by atoms with van der Waals surface area (Å²) in [4.78, 5) is 13.3. The molecule has 0 aliphatic rings. The van der Waals surface area contributed by atoms with Crippen molar-refractivity contribution in [3.63, 3.8) is 0 Å². The number of para-hydroxylation sites is 3. The fourth-order valence-electron chi connectivity index (χ4n) is 3.98. The lowest BCUT2D eigenvalue weighted by Crippen LogP contribution is -2.10. The van der Waals surface area contributed by atoms with Gasteiger partial charge < -0.3 is 4.90 Å². The van der Waals surface area contributed by atoms with Crippen LogP contribution in [-0.4, -0.2) is 12.5 Å². The monoisotopic (exact) mass is 467 g/mol. The quantitative estimate of drug-likeness (QED) is 0.131. The van der Waals surface area contributed by atoms with Crippen LogP contribution in [0.15, 0.2) is 145 Å². The number of rotatable bonds is 8. The normalized spacial score (nSPS) is 10.8. The number of nitrogens with zero attached hydrogens (tertiary/aromatic N) is 3. The molecule has 4 nitrogen and oxygen atoms in total. The van der Waals surface area contributed by atoms with Crippen molar-refractivity contribution >= 4 is 40.9 Å². The molecule has 0 unspecified atom stereocenters. The number of carbonyl (C=O) groups excluding carboxylic acids is 1. The summed E-state index contributed by atoms with van der Waals surface area (Å²) < 4.78 is 0. The average molecular weight is 468 g/mol. The van der Waals surface area contributed by atoms with E-state index in [1.165, 1.54) is 0 Å². The number of hydrogen-bond acceptors (Lipinski definition) is 4. The van der Waals surface area contributed by atoms with Crippen LogP contribution in [0.5, 0.6) is 0 Å². The largest absolute Gasteiger partial charge is 0.311 e. The van der Waals surface area contributed by atoms with Crippen LogP contribution in [-0.2, 0) is 0 Å². The van der Waals surface area contributed by atoms with E-state index in [4.69, 9.17) is 5.10 Å². The van der Waals surface area contributed by atoms with E-state index in [2.05, 4.69) is 53.4 Å². The molecule has 5 rings (SSSR count). The molecule has 36 heavy (non-hydrogen) atoms. The molecule has 0 aliphatic carbocycles. The van der Waals surface area contributed by atoms with E-state index in [1.807, 2.05) is 90.1 Å². The van der Waals surface area contributed by atoms with Crippen molar-refractivity contribution in [2.24, 2.45) is 5.10 Å². The topological polar surface area (TPSA) is 35.9 Å². The van der Waals surface area contributed by atoms with E-state index < -0.39 is 0 Å². The fourth-order valence-corrected chi connectivity index (χ4v) is 3.98. The highest BCUT2D eigenvalue weighted by Gasteiger charge is 2.12. The lowest BCUT2D eigenvalue weighted by Gasteiger charge is -2.25. The zero-order valence-electron chi connectivity index (χ0n) is 19.7. The van der Waals surface area contributed by atoms with Crippen LogP contribution in [0.3, 0.4) is 0 Å². The molecule has 174 valence electrons. The standard InChI is InChI=1S/C32H25N3O/c36-25-27-18-22-32(23-19-27)35(31-14-8-3-9-15-31)33-24-26-16-20-30(21-17-26)34(28-10-4-1-5-11-28)29-12-6-2-7-13-29/h1-25H. The SMILES string of the molecule is O=Cc1ccc(N(N=Cc2ccc(N(c3ccccc3)c3ccccc3)cc2)c2ccccc2)cc1. The summed E-state index contributed by atoms with van der Waals surface area (Å²) in [6.07, 6.45) is 2.69. The summed E-state index contributed by atoms with van der Waals surface area (Å²) in [6.45, 7) is 0. The van der Waals surface area contributed by atoms with Crippen molar-refractivity contribution < 1.29 is 4.79 Å². The third-order valence-corrected chi connectivity index (χ3v) is 5.78. The predicted octanol–water partition coefficient (Wildman–Crippen LogP) is 8.14. The summed E-state index contributed by atoms with van der Waals surface area (Å²) >= 11 is 0. The Kier molecular flexibility index (Phi) is 6.96. The molecule has 0 N–H and O–H groups in total. The molecule has 0 aliphatic heterocycles. The second-order valence-corrected chi connectivity index (χ2v) is 8.20. The Morgan fingerprint density at radius 1 is 0.444 bits per heavy atom. The average Bonchev–Trinajstić information content (AvgIpc) is 2.96. The Hall–Kier alpha value is -4.96. The minimum absolute atomic E-state index is 0.632. The number of hydrazone groups is 1. The first-order chi connectivity index (χ1) is 17.8. The van der Waals surface area contributed by atoms with E-state index in [1.54, 1.807) is 12.1 Å². The fraction of sp³-hybridized carbons (Fsp3) is 0. The Bertz CT molecular complexity index is 1380. The maximum atomic E-state index is 11.1. The minimum Gasteiger partial charge on any atom is -0.311 e. The second-order valence-electron chi connectivity index (χ2n) is 8.20. The van der Waals surface area contributed by atoms with Gasteiger partial charge in [-0.2, -0.15) is 5.10 Å². The van der Waals surface area contributed by atoms with Crippen molar-refractivity contribution in [1.29, 1.82) is 0 Å². The van der Waals surface area contributed by atoms with Crippen molar-refractivity contribution in [1.82, 2.24) is 0 Å². The minimum atomic E-state index is 0.632. The Morgan fingerprint density at radius 2 is 0.833 bits per heavy atom. The summed E-state index contributed by atoms with van der Waals surface area (Å²) in [6, 6.07) is 46.3. The van der Waals surface area contributed by atoms with Gasteiger partial charge in [0.1, 0.15) is 6.29 Å². The Morgan fingerprint density at radius 3 is 1.33 bits per heavy atom. The van der Waals surface area contributed by atoms with Crippen LogP contribution in [0, 0.1) is 0 Å². The first-order valence-corrected chi connectivity index (χ1v) is 11.8. The first-order valence-electron chi connectivity index (χ1n) is 11.8. The van der Waals surface area contributed by atoms with Crippen LogP contribution in [0.1, 0.15) is 15.9 Å². The smallest absolute Gasteiger partial charge is 0.150 e. The lowest BCUT2D eigenvalue weighted by atomic mass is 10.1. The van der Waals surface area contributed by atoms with Gasteiger partial charge in [0.05, 0.1) is 17.6 Å². The lowest BCUT2D eigenvalue weighted by molar-refractivity contribution is 0.112. The molecule has 4 heteroatoms. The molecule has 5 aromatic rings. The number of anilines is 5. The third-order valence-electron chi connectivity index (χ3n) is 5.78. The van der Waals surface area contributed by atoms with E-state index in [0.29, 0.717) is 5.56 Å². The summed E-state index contributed by atoms with van der Waals surface area (Å²) in [5.74, 6) is 0. The van der Waals surface area contributed by atoms with E-state index >= 15 is 0 Å². The molecule has 0 saturated heterocycles. The highest BCUT2D eigenvalue weighted by atomic mass is 16.1. The molecule has 0 fully saturated rings. The zero-order valence-corrected chi connectivity index (χ0v) is 19.7. The second kappa shape index (κ2) is 11.0. The number of aldehydes is 1. The Labute approximate surface area is 211 Å². The van der Waals surface area contributed by atoms with Gasteiger partial charge in [-0.25, -0.2) is 5.01 Å². The predicted molar refractivity (Wildman–Crippen MR) is 149 cm³/mol. The molecule has 5 aromatic carbocycles. The molecule has 0 saturated carbocycles. The van der Waals surface area contributed by atoms with Gasteiger partial charge >= 0.3 is 0 Å².